The Morgan fingerprint density at radius 2 is 2.00 bits per heavy atom. The molecule has 1 amide bonds. The van der Waals surface area contributed by atoms with Gasteiger partial charge in [-0.3, -0.25) is 4.79 Å². The zero-order valence-corrected chi connectivity index (χ0v) is 6.81. The van der Waals surface area contributed by atoms with Gasteiger partial charge in [-0.1, -0.05) is 25.8 Å². The molecule has 0 spiro atoms. The van der Waals surface area contributed by atoms with Crippen molar-refractivity contribution < 1.29 is 4.79 Å². The molecule has 1 aliphatic rings. The van der Waals surface area contributed by atoms with Gasteiger partial charge in [0, 0.05) is 6.04 Å². The Bertz CT molecular complexity index is 148. The molecule has 0 heterocycles. The Kier molecular flexibility index (Phi) is 3.14. The first-order valence-electron chi connectivity index (χ1n) is 4.26. The maximum Gasteiger partial charge on any atom is 0.243 e. The number of carbonyl (C=O) groups is 1. The molecular formula is C9H15NO. The highest BCUT2D eigenvalue weighted by molar-refractivity contribution is 5.87. The number of amides is 1. The van der Waals surface area contributed by atoms with Crippen LogP contribution in [0.3, 0.4) is 0 Å². The van der Waals surface area contributed by atoms with Crippen LogP contribution in [0.25, 0.3) is 0 Å². The lowest BCUT2D eigenvalue weighted by atomic mass is 9.95. The van der Waals surface area contributed by atoms with E-state index in [9.17, 15) is 4.79 Å². The van der Waals surface area contributed by atoms with Gasteiger partial charge >= 0.3 is 0 Å². The Morgan fingerprint density at radius 3 is 2.55 bits per heavy atom. The van der Waals surface area contributed by atoms with Gasteiger partial charge in [-0.15, -0.1) is 0 Å². The number of hydrogen-bond donors (Lipinski definition) is 1. The molecule has 0 unspecified atom stereocenters. The summed E-state index contributed by atoms with van der Waals surface area (Å²) in [6.45, 7) is 3.41. The highest BCUT2D eigenvalue weighted by atomic mass is 16.1. The van der Waals surface area contributed by atoms with E-state index in [0.717, 1.165) is 12.8 Å². The molecule has 11 heavy (non-hydrogen) atoms. The van der Waals surface area contributed by atoms with E-state index in [-0.39, 0.29) is 5.91 Å². The summed E-state index contributed by atoms with van der Waals surface area (Å²) in [5.41, 5.74) is 0. The summed E-state index contributed by atoms with van der Waals surface area (Å²) in [5, 5.41) is 2.91. The summed E-state index contributed by atoms with van der Waals surface area (Å²) in [6, 6.07) is 0.411. The number of nitrogens with one attached hydrogen (secondary N) is 1. The second-order valence-electron chi connectivity index (χ2n) is 3.05. The summed E-state index contributed by atoms with van der Waals surface area (Å²) in [7, 11) is 0. The minimum atomic E-state index is -0.0306. The molecule has 1 rings (SSSR count). The van der Waals surface area contributed by atoms with Gasteiger partial charge in [-0.05, 0) is 18.9 Å². The molecule has 1 fully saturated rings. The van der Waals surface area contributed by atoms with Gasteiger partial charge in [0.15, 0.2) is 0 Å². The SMILES string of the molecule is C=CC(=O)NC1CCCCC1. The van der Waals surface area contributed by atoms with E-state index in [1.165, 1.54) is 25.3 Å². The van der Waals surface area contributed by atoms with Crippen molar-refractivity contribution >= 4 is 5.91 Å². The number of rotatable bonds is 2. The van der Waals surface area contributed by atoms with E-state index in [2.05, 4.69) is 11.9 Å². The van der Waals surface area contributed by atoms with Crippen LogP contribution in [0.4, 0.5) is 0 Å². The van der Waals surface area contributed by atoms with Crippen LogP contribution >= 0.6 is 0 Å². The predicted octanol–water partition coefficient (Wildman–Crippen LogP) is 1.62. The number of carbonyl (C=O) groups excluding carboxylic acids is 1. The third-order valence-corrected chi connectivity index (χ3v) is 2.14. The van der Waals surface area contributed by atoms with E-state index in [1.807, 2.05) is 0 Å². The normalized spacial score (nSPS) is 19.3. The van der Waals surface area contributed by atoms with Crippen molar-refractivity contribution in [1.29, 1.82) is 0 Å². The minimum absolute atomic E-state index is 0.0306. The molecule has 0 aromatic rings. The van der Waals surface area contributed by atoms with Crippen LogP contribution in [-0.4, -0.2) is 11.9 Å². The highest BCUT2D eigenvalue weighted by Crippen LogP contribution is 2.16. The zero-order valence-electron chi connectivity index (χ0n) is 6.81. The molecule has 0 atom stereocenters. The first-order valence-corrected chi connectivity index (χ1v) is 4.26. The van der Waals surface area contributed by atoms with Crippen molar-refractivity contribution in [2.75, 3.05) is 0 Å². The van der Waals surface area contributed by atoms with E-state index in [4.69, 9.17) is 0 Å². The van der Waals surface area contributed by atoms with Gasteiger partial charge in [-0.25, -0.2) is 0 Å². The Labute approximate surface area is 67.7 Å². The molecule has 1 N–H and O–H groups in total. The largest absolute Gasteiger partial charge is 0.350 e. The lowest BCUT2D eigenvalue weighted by Crippen LogP contribution is -2.34. The third kappa shape index (κ3) is 2.74. The van der Waals surface area contributed by atoms with Crippen LogP contribution in [0.15, 0.2) is 12.7 Å². The second kappa shape index (κ2) is 4.16. The van der Waals surface area contributed by atoms with Crippen molar-refractivity contribution in [3.05, 3.63) is 12.7 Å². The van der Waals surface area contributed by atoms with E-state index >= 15 is 0 Å². The van der Waals surface area contributed by atoms with Crippen LogP contribution in [0.2, 0.25) is 0 Å². The van der Waals surface area contributed by atoms with Crippen LogP contribution < -0.4 is 5.32 Å². The fourth-order valence-electron chi connectivity index (χ4n) is 1.51. The molecule has 0 saturated heterocycles. The summed E-state index contributed by atoms with van der Waals surface area (Å²) in [4.78, 5) is 10.9. The van der Waals surface area contributed by atoms with Gasteiger partial charge in [-0.2, -0.15) is 0 Å². The van der Waals surface area contributed by atoms with E-state index < -0.39 is 0 Å². The Hall–Kier alpha value is -0.790. The van der Waals surface area contributed by atoms with Crippen LogP contribution in [0.5, 0.6) is 0 Å². The predicted molar refractivity (Wildman–Crippen MR) is 45.2 cm³/mol. The molecule has 0 bridgehead atoms. The Morgan fingerprint density at radius 1 is 1.36 bits per heavy atom. The summed E-state index contributed by atoms with van der Waals surface area (Å²) >= 11 is 0. The van der Waals surface area contributed by atoms with Crippen molar-refractivity contribution in [3.63, 3.8) is 0 Å². The fraction of sp³-hybridized carbons (Fsp3) is 0.667. The smallest absolute Gasteiger partial charge is 0.243 e. The second-order valence-corrected chi connectivity index (χ2v) is 3.05. The van der Waals surface area contributed by atoms with Crippen LogP contribution in [0, 0.1) is 0 Å². The molecule has 2 nitrogen and oxygen atoms in total. The van der Waals surface area contributed by atoms with Crippen molar-refractivity contribution in [1.82, 2.24) is 5.32 Å². The van der Waals surface area contributed by atoms with Crippen molar-refractivity contribution in [2.45, 2.75) is 38.1 Å². The van der Waals surface area contributed by atoms with Gasteiger partial charge in [0.2, 0.25) is 5.91 Å². The fourth-order valence-corrected chi connectivity index (χ4v) is 1.51. The lowest BCUT2D eigenvalue weighted by Gasteiger charge is -2.21. The molecule has 1 saturated carbocycles. The quantitative estimate of drug-likeness (QED) is 0.600. The third-order valence-electron chi connectivity index (χ3n) is 2.14. The molecular weight excluding hydrogens is 138 g/mol. The minimum Gasteiger partial charge on any atom is -0.350 e. The molecule has 62 valence electrons. The molecule has 0 aromatic heterocycles. The topological polar surface area (TPSA) is 29.1 Å². The summed E-state index contributed by atoms with van der Waals surface area (Å²) in [6.07, 6.45) is 7.44. The molecule has 2 heteroatoms. The van der Waals surface area contributed by atoms with E-state index in [1.54, 1.807) is 0 Å². The van der Waals surface area contributed by atoms with Crippen LogP contribution in [0.1, 0.15) is 32.1 Å². The van der Waals surface area contributed by atoms with Gasteiger partial charge in [0.25, 0.3) is 0 Å². The monoisotopic (exact) mass is 153 g/mol. The lowest BCUT2D eigenvalue weighted by molar-refractivity contribution is -0.117. The summed E-state index contributed by atoms with van der Waals surface area (Å²) in [5.74, 6) is -0.0306. The van der Waals surface area contributed by atoms with Crippen LogP contribution in [-0.2, 0) is 4.79 Å². The first kappa shape index (κ1) is 8.31. The molecule has 0 aliphatic heterocycles. The Balaban J connectivity index is 2.24. The van der Waals surface area contributed by atoms with Crippen molar-refractivity contribution in [2.24, 2.45) is 0 Å². The first-order chi connectivity index (χ1) is 5.33. The van der Waals surface area contributed by atoms with E-state index in [0.29, 0.717) is 6.04 Å². The maximum absolute atomic E-state index is 10.9. The zero-order chi connectivity index (χ0) is 8.10. The molecule has 0 aromatic carbocycles. The molecule has 1 aliphatic carbocycles. The standard InChI is InChI=1S/C9H15NO/c1-2-9(11)10-8-6-4-3-5-7-8/h2,8H,1,3-7H2,(H,10,11). The van der Waals surface area contributed by atoms with Gasteiger partial charge in [0.1, 0.15) is 0 Å². The highest BCUT2D eigenvalue weighted by Gasteiger charge is 2.13. The van der Waals surface area contributed by atoms with Gasteiger partial charge < -0.3 is 5.32 Å². The van der Waals surface area contributed by atoms with Gasteiger partial charge in [0.05, 0.1) is 0 Å². The van der Waals surface area contributed by atoms with Crippen molar-refractivity contribution in [3.8, 4) is 0 Å². The maximum atomic E-state index is 10.9. The number of hydrogen-bond acceptors (Lipinski definition) is 1. The average Bonchev–Trinajstić information content (AvgIpc) is 2.06. The summed E-state index contributed by atoms with van der Waals surface area (Å²) < 4.78 is 0. The molecule has 0 radical (unpaired) electrons. The average molecular weight is 153 g/mol.